The summed E-state index contributed by atoms with van der Waals surface area (Å²) in [6.45, 7) is 3.25. The molecule has 1 saturated heterocycles. The zero-order valence-electron chi connectivity index (χ0n) is 11.3. The molecule has 1 aliphatic heterocycles. The van der Waals surface area contributed by atoms with Gasteiger partial charge in [0.05, 0.1) is 24.2 Å². The monoisotopic (exact) mass is 269 g/mol. The third-order valence-corrected chi connectivity index (χ3v) is 3.66. The largest absolute Gasteiger partial charge is 0.378 e. The number of benzene rings is 1. The molecule has 0 bridgehead atoms. The van der Waals surface area contributed by atoms with Gasteiger partial charge in [0.2, 0.25) is 0 Å². The van der Waals surface area contributed by atoms with Gasteiger partial charge in [-0.3, -0.25) is 4.68 Å². The molecule has 102 valence electrons. The van der Waals surface area contributed by atoms with Crippen LogP contribution in [0.25, 0.3) is 21.8 Å². The minimum atomic E-state index is 0.751. The second kappa shape index (κ2) is 4.42. The van der Waals surface area contributed by atoms with Gasteiger partial charge >= 0.3 is 0 Å². The third kappa shape index (κ3) is 1.80. The van der Waals surface area contributed by atoms with Gasteiger partial charge in [-0.05, 0) is 12.1 Å². The molecule has 0 N–H and O–H groups in total. The number of morpholine rings is 1. The van der Waals surface area contributed by atoms with Gasteiger partial charge in [0, 0.05) is 37.1 Å². The SMILES string of the molecule is Cn1cc2cc3c(N4CCOCC4)ncnc3cc2n1. The van der Waals surface area contributed by atoms with Crippen LogP contribution in [0.1, 0.15) is 0 Å². The maximum Gasteiger partial charge on any atom is 0.140 e. The number of hydrogen-bond acceptors (Lipinski definition) is 5. The van der Waals surface area contributed by atoms with Crippen LogP contribution in [0.4, 0.5) is 5.82 Å². The van der Waals surface area contributed by atoms with Gasteiger partial charge in [0.1, 0.15) is 12.1 Å². The number of anilines is 1. The number of nitrogens with zero attached hydrogens (tertiary/aromatic N) is 5. The average Bonchev–Trinajstić information content (AvgIpc) is 2.84. The summed E-state index contributed by atoms with van der Waals surface area (Å²) < 4.78 is 7.23. The number of rotatable bonds is 1. The normalized spacial score (nSPS) is 16.1. The van der Waals surface area contributed by atoms with E-state index in [2.05, 4.69) is 26.0 Å². The fourth-order valence-electron chi connectivity index (χ4n) is 2.71. The number of hydrogen-bond donors (Lipinski definition) is 0. The molecule has 0 unspecified atom stereocenters. The quantitative estimate of drug-likeness (QED) is 0.667. The highest BCUT2D eigenvalue weighted by Gasteiger charge is 2.16. The Labute approximate surface area is 116 Å². The Bertz CT molecular complexity index is 776. The second-order valence-corrected chi connectivity index (χ2v) is 5.03. The van der Waals surface area contributed by atoms with Crippen LogP contribution in [-0.4, -0.2) is 46.1 Å². The summed E-state index contributed by atoms with van der Waals surface area (Å²) >= 11 is 0. The Morgan fingerprint density at radius 3 is 2.80 bits per heavy atom. The van der Waals surface area contributed by atoms with Crippen molar-refractivity contribution in [2.45, 2.75) is 0 Å². The van der Waals surface area contributed by atoms with E-state index >= 15 is 0 Å². The van der Waals surface area contributed by atoms with Gasteiger partial charge < -0.3 is 9.64 Å². The molecule has 6 heteroatoms. The van der Waals surface area contributed by atoms with Gasteiger partial charge in [-0.15, -0.1) is 0 Å². The predicted octanol–water partition coefficient (Wildman–Crippen LogP) is 1.35. The smallest absolute Gasteiger partial charge is 0.140 e. The van der Waals surface area contributed by atoms with Crippen molar-refractivity contribution in [3.05, 3.63) is 24.7 Å². The van der Waals surface area contributed by atoms with Gasteiger partial charge in [-0.2, -0.15) is 5.10 Å². The summed E-state index contributed by atoms with van der Waals surface area (Å²) in [6.07, 6.45) is 3.65. The first-order chi connectivity index (χ1) is 9.81. The minimum absolute atomic E-state index is 0.751. The van der Waals surface area contributed by atoms with E-state index in [0.29, 0.717) is 0 Å². The molecule has 0 spiro atoms. The van der Waals surface area contributed by atoms with Gasteiger partial charge in [-0.1, -0.05) is 0 Å². The standard InChI is InChI=1S/C14H15N5O/c1-18-8-10-6-11-13(7-12(10)17-18)15-9-16-14(11)19-2-4-20-5-3-19/h6-9H,2-5H2,1H3. The molecular weight excluding hydrogens is 254 g/mol. The van der Waals surface area contributed by atoms with Crippen molar-refractivity contribution in [1.29, 1.82) is 0 Å². The van der Waals surface area contributed by atoms with Crippen LogP contribution in [0.2, 0.25) is 0 Å². The molecular formula is C14H15N5O. The summed E-state index contributed by atoms with van der Waals surface area (Å²) in [6, 6.07) is 4.15. The van der Waals surface area contributed by atoms with Crippen molar-refractivity contribution in [2.24, 2.45) is 7.05 Å². The van der Waals surface area contributed by atoms with Crippen LogP contribution in [0.15, 0.2) is 24.7 Å². The number of fused-ring (bicyclic) bond motifs is 2. The third-order valence-electron chi connectivity index (χ3n) is 3.66. The van der Waals surface area contributed by atoms with Crippen LogP contribution < -0.4 is 4.90 Å². The van der Waals surface area contributed by atoms with E-state index < -0.39 is 0 Å². The first-order valence-corrected chi connectivity index (χ1v) is 6.72. The molecule has 2 aromatic heterocycles. The Morgan fingerprint density at radius 2 is 1.95 bits per heavy atom. The maximum absolute atomic E-state index is 5.41. The lowest BCUT2D eigenvalue weighted by atomic mass is 10.1. The zero-order valence-corrected chi connectivity index (χ0v) is 11.3. The van der Waals surface area contributed by atoms with Gasteiger partial charge in [-0.25, -0.2) is 9.97 Å². The van der Waals surface area contributed by atoms with Crippen molar-refractivity contribution in [2.75, 3.05) is 31.2 Å². The Balaban J connectivity index is 1.93. The number of aryl methyl sites for hydroxylation is 1. The second-order valence-electron chi connectivity index (χ2n) is 5.03. The van der Waals surface area contributed by atoms with Crippen LogP contribution in [-0.2, 0) is 11.8 Å². The number of aromatic nitrogens is 4. The Hall–Kier alpha value is -2.21. The van der Waals surface area contributed by atoms with Crippen molar-refractivity contribution in [3.63, 3.8) is 0 Å². The summed E-state index contributed by atoms with van der Waals surface area (Å²) in [7, 11) is 1.93. The summed E-state index contributed by atoms with van der Waals surface area (Å²) in [4.78, 5) is 11.1. The van der Waals surface area contributed by atoms with E-state index in [4.69, 9.17) is 4.74 Å². The van der Waals surface area contributed by atoms with E-state index in [0.717, 1.165) is 53.9 Å². The van der Waals surface area contributed by atoms with Crippen LogP contribution >= 0.6 is 0 Å². The van der Waals surface area contributed by atoms with Crippen LogP contribution in [0, 0.1) is 0 Å². The molecule has 20 heavy (non-hydrogen) atoms. The summed E-state index contributed by atoms with van der Waals surface area (Å²) in [5.74, 6) is 0.990. The van der Waals surface area contributed by atoms with Crippen molar-refractivity contribution in [3.8, 4) is 0 Å². The van der Waals surface area contributed by atoms with E-state index in [-0.39, 0.29) is 0 Å². The number of ether oxygens (including phenoxy) is 1. The highest BCUT2D eigenvalue weighted by molar-refractivity contribution is 5.99. The molecule has 3 heterocycles. The fourth-order valence-corrected chi connectivity index (χ4v) is 2.71. The lowest BCUT2D eigenvalue weighted by Gasteiger charge is -2.28. The lowest BCUT2D eigenvalue weighted by Crippen LogP contribution is -2.36. The minimum Gasteiger partial charge on any atom is -0.378 e. The molecule has 4 rings (SSSR count). The molecule has 0 atom stereocenters. The van der Waals surface area contributed by atoms with Crippen LogP contribution in [0.5, 0.6) is 0 Å². The van der Waals surface area contributed by atoms with Crippen molar-refractivity contribution in [1.82, 2.24) is 19.7 Å². The summed E-state index contributed by atoms with van der Waals surface area (Å²) in [5.41, 5.74) is 1.90. The van der Waals surface area contributed by atoms with E-state index in [1.54, 1.807) is 6.33 Å². The first-order valence-electron chi connectivity index (χ1n) is 6.72. The summed E-state index contributed by atoms with van der Waals surface area (Å²) in [5, 5.41) is 6.62. The van der Waals surface area contributed by atoms with Gasteiger partial charge in [0.25, 0.3) is 0 Å². The maximum atomic E-state index is 5.41. The van der Waals surface area contributed by atoms with Gasteiger partial charge in [0.15, 0.2) is 0 Å². The first kappa shape index (κ1) is 11.6. The molecule has 6 nitrogen and oxygen atoms in total. The molecule has 1 aromatic carbocycles. The van der Waals surface area contributed by atoms with Crippen molar-refractivity contribution >= 4 is 27.6 Å². The molecule has 0 aliphatic carbocycles. The van der Waals surface area contributed by atoms with E-state index in [9.17, 15) is 0 Å². The molecule has 3 aromatic rings. The lowest BCUT2D eigenvalue weighted by molar-refractivity contribution is 0.122. The van der Waals surface area contributed by atoms with Crippen LogP contribution in [0.3, 0.4) is 0 Å². The molecule has 0 radical (unpaired) electrons. The van der Waals surface area contributed by atoms with E-state index in [1.165, 1.54) is 0 Å². The highest BCUT2D eigenvalue weighted by atomic mass is 16.5. The topological polar surface area (TPSA) is 56.1 Å². The predicted molar refractivity (Wildman–Crippen MR) is 76.8 cm³/mol. The fraction of sp³-hybridized carbons (Fsp3) is 0.357. The van der Waals surface area contributed by atoms with Crippen molar-refractivity contribution < 1.29 is 4.74 Å². The molecule has 0 saturated carbocycles. The molecule has 1 fully saturated rings. The zero-order chi connectivity index (χ0) is 13.5. The average molecular weight is 269 g/mol. The highest BCUT2D eigenvalue weighted by Crippen LogP contribution is 2.27. The Morgan fingerprint density at radius 1 is 1.10 bits per heavy atom. The van der Waals surface area contributed by atoms with E-state index in [1.807, 2.05) is 24.0 Å². The molecule has 1 aliphatic rings. The Kier molecular flexibility index (Phi) is 2.56. The molecule has 0 amide bonds.